The van der Waals surface area contributed by atoms with Gasteiger partial charge in [0.2, 0.25) is 17.7 Å². The molecule has 2 aromatic carbocycles. The molecule has 2 rings (SSSR count). The van der Waals surface area contributed by atoms with Crippen molar-refractivity contribution in [3.63, 3.8) is 0 Å². The van der Waals surface area contributed by atoms with Crippen LogP contribution in [-0.4, -0.2) is 58.8 Å². The molecule has 4 amide bonds. The number of nitrogens with one attached hydrogen (secondary N) is 3. The van der Waals surface area contributed by atoms with Gasteiger partial charge in [-0.1, -0.05) is 74.5 Å². The van der Waals surface area contributed by atoms with Crippen molar-refractivity contribution in [2.24, 2.45) is 11.7 Å². The molecule has 6 N–H and O–H groups in total. The van der Waals surface area contributed by atoms with Gasteiger partial charge in [-0.05, 0) is 57.1 Å². The van der Waals surface area contributed by atoms with Crippen LogP contribution in [0, 0.1) is 5.92 Å². The lowest BCUT2D eigenvalue weighted by Crippen LogP contribution is -2.54. The van der Waals surface area contributed by atoms with Crippen molar-refractivity contribution in [3.05, 3.63) is 71.8 Å². The maximum atomic E-state index is 13.2. The highest BCUT2D eigenvalue weighted by atomic mass is 16.6. The lowest BCUT2D eigenvalue weighted by atomic mass is 9.97. The molecular weight excluding hydrogens is 536 g/mol. The van der Waals surface area contributed by atoms with Crippen LogP contribution < -0.4 is 21.7 Å². The molecule has 0 saturated carbocycles. The summed E-state index contributed by atoms with van der Waals surface area (Å²) in [6, 6.07) is 16.0. The molecule has 0 spiro atoms. The summed E-state index contributed by atoms with van der Waals surface area (Å²) >= 11 is 0. The van der Waals surface area contributed by atoms with Gasteiger partial charge in [0.1, 0.15) is 17.7 Å². The minimum Gasteiger partial charge on any atom is -0.444 e. The summed E-state index contributed by atoms with van der Waals surface area (Å²) in [5.74, 6) is -1.55. The van der Waals surface area contributed by atoms with Gasteiger partial charge in [0.25, 0.3) is 0 Å². The number of benzene rings is 2. The minimum absolute atomic E-state index is 0.0348. The number of aliphatic hydroxyl groups excluding tert-OH is 1. The molecule has 0 aromatic heterocycles. The maximum Gasteiger partial charge on any atom is 0.407 e. The molecule has 230 valence electrons. The quantitative estimate of drug-likeness (QED) is 0.217. The second-order valence-corrected chi connectivity index (χ2v) is 12.0. The Hall–Kier alpha value is -3.92. The van der Waals surface area contributed by atoms with E-state index in [4.69, 9.17) is 10.5 Å². The monoisotopic (exact) mass is 582 g/mol. The van der Waals surface area contributed by atoms with Gasteiger partial charge < -0.3 is 31.5 Å². The van der Waals surface area contributed by atoms with E-state index in [1.165, 1.54) is 0 Å². The molecule has 0 aliphatic carbocycles. The van der Waals surface area contributed by atoms with Crippen molar-refractivity contribution in [1.82, 2.24) is 16.0 Å². The number of hydrogen-bond acceptors (Lipinski definition) is 6. The van der Waals surface area contributed by atoms with Gasteiger partial charge >= 0.3 is 6.09 Å². The molecule has 0 aliphatic rings. The first-order valence-electron chi connectivity index (χ1n) is 14.4. The zero-order valence-electron chi connectivity index (χ0n) is 25.3. The number of amides is 4. The summed E-state index contributed by atoms with van der Waals surface area (Å²) in [4.78, 5) is 50.7. The number of carbonyl (C=O) groups excluding carboxylic acids is 4. The lowest BCUT2D eigenvalue weighted by Gasteiger charge is -2.27. The van der Waals surface area contributed by atoms with Crippen LogP contribution in [0.5, 0.6) is 0 Å². The van der Waals surface area contributed by atoms with Crippen LogP contribution in [0.25, 0.3) is 0 Å². The Kier molecular flexibility index (Phi) is 13.5. The van der Waals surface area contributed by atoms with E-state index in [9.17, 15) is 24.3 Å². The molecule has 10 nitrogen and oxygen atoms in total. The fourth-order valence-corrected chi connectivity index (χ4v) is 4.40. The summed E-state index contributed by atoms with van der Waals surface area (Å²) < 4.78 is 5.37. The number of carbonyl (C=O) groups is 4. The summed E-state index contributed by atoms with van der Waals surface area (Å²) in [5, 5.41) is 19.2. The van der Waals surface area contributed by atoms with Crippen molar-refractivity contribution in [2.45, 2.75) is 96.6 Å². The van der Waals surface area contributed by atoms with Crippen molar-refractivity contribution < 1.29 is 29.0 Å². The van der Waals surface area contributed by atoms with Crippen LogP contribution in [0.15, 0.2) is 60.7 Å². The van der Waals surface area contributed by atoms with Crippen LogP contribution >= 0.6 is 0 Å². The standard InChI is InChI=1S/C32H46N4O6/c1-21(2)18-26(30(40)35-25(29(33)39)20-23-14-10-7-11-15-23)34-28(38)17-16-27(37)24(19-22-12-8-6-9-13-22)36-31(41)42-32(3,4)5/h6-15,21,24-27,37H,16-20H2,1-5H3,(H2,33,39)(H,34,38)(H,35,40)(H,36,41)/t24-,25-,26-,27+/m0/s1. The molecule has 0 unspecified atom stereocenters. The van der Waals surface area contributed by atoms with Crippen LogP contribution in [0.3, 0.4) is 0 Å². The number of primary amides is 1. The molecule has 0 saturated heterocycles. The van der Waals surface area contributed by atoms with Gasteiger partial charge in [-0.15, -0.1) is 0 Å². The zero-order chi connectivity index (χ0) is 31.3. The van der Waals surface area contributed by atoms with Gasteiger partial charge in [0.15, 0.2) is 0 Å². The predicted molar refractivity (Wildman–Crippen MR) is 161 cm³/mol. The van der Waals surface area contributed by atoms with Gasteiger partial charge in [-0.2, -0.15) is 0 Å². The number of alkyl carbamates (subject to hydrolysis) is 1. The average molecular weight is 583 g/mol. The molecule has 0 bridgehead atoms. The Morgan fingerprint density at radius 1 is 0.833 bits per heavy atom. The molecular formula is C32H46N4O6. The topological polar surface area (TPSA) is 160 Å². The largest absolute Gasteiger partial charge is 0.444 e. The molecule has 10 heteroatoms. The van der Waals surface area contributed by atoms with Crippen molar-refractivity contribution in [3.8, 4) is 0 Å². The van der Waals surface area contributed by atoms with Crippen LogP contribution in [-0.2, 0) is 32.0 Å². The van der Waals surface area contributed by atoms with Crippen molar-refractivity contribution in [1.29, 1.82) is 0 Å². The number of ether oxygens (including phenoxy) is 1. The van der Waals surface area contributed by atoms with Crippen LogP contribution in [0.2, 0.25) is 0 Å². The number of rotatable bonds is 15. The second kappa shape index (κ2) is 16.5. The van der Waals surface area contributed by atoms with E-state index >= 15 is 0 Å². The van der Waals surface area contributed by atoms with E-state index in [-0.39, 0.29) is 25.2 Å². The van der Waals surface area contributed by atoms with Gasteiger partial charge in [0.05, 0.1) is 12.1 Å². The SMILES string of the molecule is CC(C)C[C@H](NC(=O)CC[C@@H](O)[C@H](Cc1ccccc1)NC(=O)OC(C)(C)C)C(=O)N[C@@H](Cc1ccccc1)C(N)=O. The molecule has 0 radical (unpaired) electrons. The summed E-state index contributed by atoms with van der Waals surface area (Å²) in [6.07, 6.45) is -0.888. The zero-order valence-corrected chi connectivity index (χ0v) is 25.3. The average Bonchev–Trinajstić information content (AvgIpc) is 2.90. The third kappa shape index (κ3) is 13.2. The first kappa shape index (κ1) is 34.3. The smallest absolute Gasteiger partial charge is 0.407 e. The van der Waals surface area contributed by atoms with E-state index in [1.54, 1.807) is 20.8 Å². The normalized spacial score (nSPS) is 14.3. The summed E-state index contributed by atoms with van der Waals surface area (Å²) in [5.41, 5.74) is 6.58. The number of hydrogen-bond donors (Lipinski definition) is 5. The highest BCUT2D eigenvalue weighted by Crippen LogP contribution is 2.14. The van der Waals surface area contributed by atoms with Gasteiger partial charge in [0, 0.05) is 12.8 Å². The maximum absolute atomic E-state index is 13.2. The minimum atomic E-state index is -1.06. The molecule has 2 aromatic rings. The highest BCUT2D eigenvalue weighted by molar-refractivity contribution is 5.91. The first-order chi connectivity index (χ1) is 19.7. The van der Waals surface area contributed by atoms with E-state index in [0.29, 0.717) is 12.8 Å². The van der Waals surface area contributed by atoms with E-state index in [1.807, 2.05) is 74.5 Å². The highest BCUT2D eigenvalue weighted by Gasteiger charge is 2.28. The fourth-order valence-electron chi connectivity index (χ4n) is 4.40. The van der Waals surface area contributed by atoms with Gasteiger partial charge in [-0.3, -0.25) is 14.4 Å². The third-order valence-corrected chi connectivity index (χ3v) is 6.43. The van der Waals surface area contributed by atoms with Crippen molar-refractivity contribution >= 4 is 23.8 Å². The molecule has 42 heavy (non-hydrogen) atoms. The van der Waals surface area contributed by atoms with E-state index in [0.717, 1.165) is 11.1 Å². The molecule has 4 atom stereocenters. The fraction of sp³-hybridized carbons (Fsp3) is 0.500. The third-order valence-electron chi connectivity index (χ3n) is 6.43. The Bertz CT molecular complexity index is 1150. The Morgan fingerprint density at radius 2 is 1.38 bits per heavy atom. The lowest BCUT2D eigenvalue weighted by molar-refractivity contribution is -0.131. The Morgan fingerprint density at radius 3 is 1.88 bits per heavy atom. The second-order valence-electron chi connectivity index (χ2n) is 12.0. The number of aliphatic hydroxyl groups is 1. The Balaban J connectivity index is 2.04. The molecule has 0 fully saturated rings. The van der Waals surface area contributed by atoms with E-state index < -0.39 is 53.6 Å². The van der Waals surface area contributed by atoms with Crippen LogP contribution in [0.1, 0.15) is 65.0 Å². The molecule has 0 aliphatic heterocycles. The summed E-state index contributed by atoms with van der Waals surface area (Å²) in [7, 11) is 0. The summed E-state index contributed by atoms with van der Waals surface area (Å²) in [6.45, 7) is 9.08. The van der Waals surface area contributed by atoms with Crippen molar-refractivity contribution in [2.75, 3.05) is 0 Å². The van der Waals surface area contributed by atoms with Crippen LogP contribution in [0.4, 0.5) is 4.79 Å². The van der Waals surface area contributed by atoms with Gasteiger partial charge in [-0.25, -0.2) is 4.79 Å². The predicted octanol–water partition coefficient (Wildman–Crippen LogP) is 3.01. The molecule has 0 heterocycles. The first-order valence-corrected chi connectivity index (χ1v) is 14.4. The van der Waals surface area contributed by atoms with E-state index in [2.05, 4.69) is 16.0 Å². The number of nitrogens with two attached hydrogens (primary N) is 1. The Labute approximate surface area is 248 Å².